The van der Waals surface area contributed by atoms with Crippen LogP contribution in [0.5, 0.6) is 0 Å². The number of benzene rings is 1. The highest BCUT2D eigenvalue weighted by atomic mass is 16.7. The van der Waals surface area contributed by atoms with Gasteiger partial charge in [0.25, 0.3) is 11.8 Å². The molecule has 130 valence electrons. The molecule has 0 aromatic heterocycles. The molecule has 2 heterocycles. The molecule has 2 aliphatic heterocycles. The molecule has 2 fully saturated rings. The van der Waals surface area contributed by atoms with Crippen LogP contribution in [0.15, 0.2) is 24.3 Å². The molecule has 6 nitrogen and oxygen atoms in total. The van der Waals surface area contributed by atoms with Crippen molar-refractivity contribution in [3.05, 3.63) is 35.4 Å². The van der Waals surface area contributed by atoms with E-state index in [1.807, 2.05) is 11.8 Å². The summed E-state index contributed by atoms with van der Waals surface area (Å²) < 4.78 is 11.4. The van der Waals surface area contributed by atoms with Crippen molar-refractivity contribution in [3.63, 3.8) is 0 Å². The van der Waals surface area contributed by atoms with Crippen LogP contribution in [0, 0.1) is 0 Å². The first kappa shape index (κ1) is 16.9. The van der Waals surface area contributed by atoms with Gasteiger partial charge in [-0.15, -0.1) is 0 Å². The van der Waals surface area contributed by atoms with Gasteiger partial charge in [0.1, 0.15) is 0 Å². The van der Waals surface area contributed by atoms with Crippen LogP contribution in [0.1, 0.15) is 46.9 Å². The van der Waals surface area contributed by atoms with Crippen molar-refractivity contribution in [3.8, 4) is 0 Å². The molecule has 2 aliphatic rings. The zero-order chi connectivity index (χ0) is 17.0. The number of hydrogen-bond donors (Lipinski definition) is 1. The van der Waals surface area contributed by atoms with Gasteiger partial charge in [0, 0.05) is 43.6 Å². The maximum Gasteiger partial charge on any atom is 0.253 e. The SMILES string of the molecule is CCCNC(=O)c1ccc(C(=O)N2CCC3(CC2)OCCO3)cc1. The Kier molecular flexibility index (Phi) is 5.16. The summed E-state index contributed by atoms with van der Waals surface area (Å²) in [6, 6.07) is 6.84. The van der Waals surface area contributed by atoms with E-state index in [-0.39, 0.29) is 11.8 Å². The molecular weight excluding hydrogens is 308 g/mol. The molecule has 0 aliphatic carbocycles. The Balaban J connectivity index is 1.58. The molecular formula is C18H24N2O4. The highest BCUT2D eigenvalue weighted by Crippen LogP contribution is 2.31. The number of likely N-dealkylation sites (tertiary alicyclic amines) is 1. The smallest absolute Gasteiger partial charge is 0.253 e. The summed E-state index contributed by atoms with van der Waals surface area (Å²) >= 11 is 0. The van der Waals surface area contributed by atoms with Crippen LogP contribution in [-0.4, -0.2) is 55.3 Å². The van der Waals surface area contributed by atoms with E-state index in [0.717, 1.165) is 6.42 Å². The zero-order valence-electron chi connectivity index (χ0n) is 14.0. The van der Waals surface area contributed by atoms with Crippen molar-refractivity contribution in [1.29, 1.82) is 0 Å². The number of hydrogen-bond acceptors (Lipinski definition) is 4. The van der Waals surface area contributed by atoms with E-state index < -0.39 is 5.79 Å². The second kappa shape index (κ2) is 7.32. The van der Waals surface area contributed by atoms with Gasteiger partial charge in [-0.2, -0.15) is 0 Å². The van der Waals surface area contributed by atoms with Crippen LogP contribution in [0.3, 0.4) is 0 Å². The van der Waals surface area contributed by atoms with Gasteiger partial charge in [0.15, 0.2) is 5.79 Å². The average molecular weight is 332 g/mol. The third kappa shape index (κ3) is 3.60. The minimum absolute atomic E-state index is 0.0108. The van der Waals surface area contributed by atoms with Gasteiger partial charge in [-0.1, -0.05) is 6.92 Å². The third-order valence-electron chi connectivity index (χ3n) is 4.56. The normalized spacial score (nSPS) is 19.5. The molecule has 0 atom stereocenters. The molecule has 2 saturated heterocycles. The van der Waals surface area contributed by atoms with Crippen LogP contribution >= 0.6 is 0 Å². The molecule has 0 unspecified atom stereocenters. The first-order chi connectivity index (χ1) is 11.6. The van der Waals surface area contributed by atoms with Crippen molar-refractivity contribution in [2.45, 2.75) is 32.0 Å². The van der Waals surface area contributed by atoms with Crippen LogP contribution in [0.4, 0.5) is 0 Å². The summed E-state index contributed by atoms with van der Waals surface area (Å²) in [7, 11) is 0. The Hall–Kier alpha value is -1.92. The molecule has 1 aromatic rings. The molecule has 2 amide bonds. The van der Waals surface area contributed by atoms with Crippen molar-refractivity contribution in [2.75, 3.05) is 32.8 Å². The Morgan fingerprint density at radius 1 is 1.08 bits per heavy atom. The third-order valence-corrected chi connectivity index (χ3v) is 4.56. The largest absolute Gasteiger partial charge is 0.352 e. The molecule has 24 heavy (non-hydrogen) atoms. The fourth-order valence-electron chi connectivity index (χ4n) is 3.12. The first-order valence-electron chi connectivity index (χ1n) is 8.59. The number of carbonyl (C=O) groups is 2. The number of nitrogens with one attached hydrogen (secondary N) is 1. The second-order valence-corrected chi connectivity index (χ2v) is 6.23. The maximum absolute atomic E-state index is 12.6. The van der Waals surface area contributed by atoms with Gasteiger partial charge in [0.2, 0.25) is 0 Å². The van der Waals surface area contributed by atoms with Gasteiger partial charge in [-0.05, 0) is 30.7 Å². The second-order valence-electron chi connectivity index (χ2n) is 6.23. The summed E-state index contributed by atoms with van der Waals surface area (Å²) in [5.74, 6) is -0.590. The molecule has 0 bridgehead atoms. The van der Waals surface area contributed by atoms with Crippen LogP contribution < -0.4 is 5.32 Å². The van der Waals surface area contributed by atoms with Crippen molar-refractivity contribution in [2.24, 2.45) is 0 Å². The number of carbonyl (C=O) groups excluding carboxylic acids is 2. The lowest BCUT2D eigenvalue weighted by Crippen LogP contribution is -2.47. The lowest BCUT2D eigenvalue weighted by Gasteiger charge is -2.37. The first-order valence-corrected chi connectivity index (χ1v) is 8.59. The zero-order valence-corrected chi connectivity index (χ0v) is 14.0. The maximum atomic E-state index is 12.6. The van der Waals surface area contributed by atoms with E-state index in [9.17, 15) is 9.59 Å². The summed E-state index contributed by atoms with van der Waals surface area (Å²) in [6.45, 7) is 5.17. The van der Waals surface area contributed by atoms with E-state index >= 15 is 0 Å². The van der Waals surface area contributed by atoms with E-state index in [1.54, 1.807) is 24.3 Å². The Labute approximate surface area is 142 Å². The summed E-state index contributed by atoms with van der Waals surface area (Å²) in [5.41, 5.74) is 1.18. The van der Waals surface area contributed by atoms with Crippen molar-refractivity contribution < 1.29 is 19.1 Å². The number of ether oxygens (including phenoxy) is 2. The monoisotopic (exact) mass is 332 g/mol. The van der Waals surface area contributed by atoms with Crippen molar-refractivity contribution >= 4 is 11.8 Å². The van der Waals surface area contributed by atoms with E-state index in [1.165, 1.54) is 0 Å². The van der Waals surface area contributed by atoms with Gasteiger partial charge in [0.05, 0.1) is 13.2 Å². The molecule has 0 saturated carbocycles. The topological polar surface area (TPSA) is 67.9 Å². The van der Waals surface area contributed by atoms with E-state index in [2.05, 4.69) is 5.32 Å². The Bertz CT molecular complexity index is 584. The van der Waals surface area contributed by atoms with Gasteiger partial charge < -0.3 is 19.7 Å². The fourth-order valence-corrected chi connectivity index (χ4v) is 3.12. The summed E-state index contributed by atoms with van der Waals surface area (Å²) in [6.07, 6.45) is 2.30. The van der Waals surface area contributed by atoms with Crippen LogP contribution in [0.2, 0.25) is 0 Å². The average Bonchev–Trinajstić information content (AvgIpc) is 3.08. The van der Waals surface area contributed by atoms with Gasteiger partial charge in [-0.3, -0.25) is 9.59 Å². The minimum atomic E-state index is -0.474. The minimum Gasteiger partial charge on any atom is -0.352 e. The number of piperidine rings is 1. The highest BCUT2D eigenvalue weighted by molar-refractivity contribution is 5.97. The molecule has 1 N–H and O–H groups in total. The quantitative estimate of drug-likeness (QED) is 0.913. The predicted molar refractivity (Wildman–Crippen MR) is 88.8 cm³/mol. The number of amides is 2. The lowest BCUT2D eigenvalue weighted by atomic mass is 10.0. The summed E-state index contributed by atoms with van der Waals surface area (Å²) in [5, 5.41) is 2.83. The van der Waals surface area contributed by atoms with E-state index in [4.69, 9.17) is 9.47 Å². The standard InChI is InChI=1S/C18H24N2O4/c1-2-9-19-16(21)14-3-5-15(6-4-14)17(22)20-10-7-18(8-11-20)23-12-13-24-18/h3-6H,2,7-13H2,1H3,(H,19,21). The van der Waals surface area contributed by atoms with Crippen LogP contribution in [-0.2, 0) is 9.47 Å². The fraction of sp³-hybridized carbons (Fsp3) is 0.556. The van der Waals surface area contributed by atoms with E-state index in [0.29, 0.717) is 56.8 Å². The van der Waals surface area contributed by atoms with Gasteiger partial charge >= 0.3 is 0 Å². The molecule has 1 spiro atoms. The lowest BCUT2D eigenvalue weighted by molar-refractivity contribution is -0.181. The number of nitrogens with zero attached hydrogens (tertiary/aromatic N) is 1. The molecule has 3 rings (SSSR count). The molecule has 0 radical (unpaired) electrons. The summed E-state index contributed by atoms with van der Waals surface area (Å²) in [4.78, 5) is 26.3. The predicted octanol–water partition coefficient (Wildman–Crippen LogP) is 1.81. The van der Waals surface area contributed by atoms with Crippen molar-refractivity contribution in [1.82, 2.24) is 10.2 Å². The van der Waals surface area contributed by atoms with Crippen LogP contribution in [0.25, 0.3) is 0 Å². The Morgan fingerprint density at radius 2 is 1.67 bits per heavy atom. The van der Waals surface area contributed by atoms with Gasteiger partial charge in [-0.25, -0.2) is 0 Å². The highest BCUT2D eigenvalue weighted by Gasteiger charge is 2.40. The Morgan fingerprint density at radius 3 is 2.25 bits per heavy atom. The number of rotatable bonds is 4. The molecule has 6 heteroatoms. The molecule has 1 aromatic carbocycles.